The molecule has 2 rings (SSSR count). The second-order valence-electron chi connectivity index (χ2n) is 5.04. The Balaban J connectivity index is 1.96. The van der Waals surface area contributed by atoms with E-state index in [9.17, 15) is 18.1 Å². The molecule has 2 atom stereocenters. The quantitative estimate of drug-likeness (QED) is 0.682. The molecule has 0 aromatic heterocycles. The van der Waals surface area contributed by atoms with E-state index in [-0.39, 0.29) is 18.6 Å². The molecule has 22 heavy (non-hydrogen) atoms. The van der Waals surface area contributed by atoms with Crippen molar-refractivity contribution in [2.75, 3.05) is 14.2 Å². The lowest BCUT2D eigenvalue weighted by Gasteiger charge is -2.21. The predicted molar refractivity (Wildman–Crippen MR) is 74.4 cm³/mol. The van der Waals surface area contributed by atoms with Gasteiger partial charge >= 0.3 is 13.9 Å². The predicted octanol–water partition coefficient (Wildman–Crippen LogP) is 3.44. The molecule has 0 radical (unpaired) electrons. The summed E-state index contributed by atoms with van der Waals surface area (Å²) in [5, 5.41) is 0. The topological polar surface area (TPSA) is 61.8 Å². The van der Waals surface area contributed by atoms with Gasteiger partial charge in [-0.3, -0.25) is 13.8 Å². The van der Waals surface area contributed by atoms with Crippen LogP contribution in [0.2, 0.25) is 0 Å². The Morgan fingerprint density at radius 2 is 1.86 bits per heavy atom. The average molecular weight is 334 g/mol. The van der Waals surface area contributed by atoms with Crippen molar-refractivity contribution in [1.29, 1.82) is 0 Å². The van der Waals surface area contributed by atoms with Gasteiger partial charge in [-0.25, -0.2) is 9.09 Å². The SMILES string of the molecule is COP(=O)(OC)OC(F)(F)[C@H]1C[C@@H]1C(=O)Cc1ccccc1. The fourth-order valence-corrected chi connectivity index (χ4v) is 2.95. The summed E-state index contributed by atoms with van der Waals surface area (Å²) in [6.07, 6.45) is -3.66. The Hall–Kier alpha value is -1.14. The fourth-order valence-electron chi connectivity index (χ4n) is 2.22. The standard InChI is InChI=1S/C14H17F2O5P/c1-19-22(18,20-2)21-14(15,16)12-9-11(12)13(17)8-10-6-4-3-5-7-10/h3-7,11-12H,8-9H2,1-2H3/t11-,12-/m0/s1. The van der Waals surface area contributed by atoms with Crippen LogP contribution >= 0.6 is 7.82 Å². The summed E-state index contributed by atoms with van der Waals surface area (Å²) in [4.78, 5) is 12.0. The van der Waals surface area contributed by atoms with Gasteiger partial charge in [-0.05, 0) is 12.0 Å². The minimum atomic E-state index is -4.30. The first-order valence-corrected chi connectivity index (χ1v) is 8.14. The van der Waals surface area contributed by atoms with Gasteiger partial charge in [-0.15, -0.1) is 0 Å². The summed E-state index contributed by atoms with van der Waals surface area (Å²) in [5.41, 5.74) is 0.766. The van der Waals surface area contributed by atoms with Gasteiger partial charge in [-0.2, -0.15) is 8.78 Å². The largest absolute Gasteiger partial charge is 0.479 e. The summed E-state index contributed by atoms with van der Waals surface area (Å²) < 4.78 is 52.4. The Bertz CT molecular complexity index is 570. The zero-order valence-electron chi connectivity index (χ0n) is 12.2. The second kappa shape index (κ2) is 6.54. The number of carbonyl (C=O) groups excluding carboxylic acids is 1. The smallest absolute Gasteiger partial charge is 0.299 e. The summed E-state index contributed by atoms with van der Waals surface area (Å²) in [7, 11) is -2.40. The van der Waals surface area contributed by atoms with Gasteiger partial charge in [0.2, 0.25) is 0 Å². The molecule has 0 heterocycles. The molecule has 1 aliphatic carbocycles. The number of ketones is 1. The van der Waals surface area contributed by atoms with E-state index in [1.807, 2.05) is 6.07 Å². The van der Waals surface area contributed by atoms with Crippen molar-refractivity contribution in [2.24, 2.45) is 11.8 Å². The van der Waals surface area contributed by atoms with Crippen molar-refractivity contribution in [3.05, 3.63) is 35.9 Å². The third kappa shape index (κ3) is 3.98. The molecular formula is C14H17F2O5P. The minimum Gasteiger partial charge on any atom is -0.299 e. The maximum atomic E-state index is 13.9. The number of hydrogen-bond acceptors (Lipinski definition) is 5. The van der Waals surface area contributed by atoms with Crippen molar-refractivity contribution >= 4 is 13.6 Å². The highest BCUT2D eigenvalue weighted by atomic mass is 31.2. The van der Waals surface area contributed by atoms with Crippen LogP contribution < -0.4 is 0 Å². The van der Waals surface area contributed by atoms with Crippen LogP contribution in [-0.4, -0.2) is 26.1 Å². The van der Waals surface area contributed by atoms with Crippen LogP contribution in [0.1, 0.15) is 12.0 Å². The average Bonchev–Trinajstić information content (AvgIpc) is 3.29. The molecule has 0 N–H and O–H groups in total. The van der Waals surface area contributed by atoms with Gasteiger partial charge in [0, 0.05) is 26.6 Å². The van der Waals surface area contributed by atoms with Crippen molar-refractivity contribution in [3.8, 4) is 0 Å². The molecule has 0 bridgehead atoms. The van der Waals surface area contributed by atoms with Crippen molar-refractivity contribution < 1.29 is 31.7 Å². The molecule has 0 amide bonds. The number of phosphoric acid groups is 1. The zero-order chi connectivity index (χ0) is 16.4. The lowest BCUT2D eigenvalue weighted by molar-refractivity contribution is -0.207. The van der Waals surface area contributed by atoms with E-state index in [2.05, 4.69) is 13.6 Å². The van der Waals surface area contributed by atoms with Crippen LogP contribution in [0.25, 0.3) is 0 Å². The molecule has 8 heteroatoms. The van der Waals surface area contributed by atoms with Crippen molar-refractivity contribution in [3.63, 3.8) is 0 Å². The highest BCUT2D eigenvalue weighted by Crippen LogP contribution is 2.59. The van der Waals surface area contributed by atoms with Gasteiger partial charge in [0.1, 0.15) is 5.78 Å². The third-order valence-electron chi connectivity index (χ3n) is 3.54. The first kappa shape index (κ1) is 17.2. The maximum absolute atomic E-state index is 13.9. The summed E-state index contributed by atoms with van der Waals surface area (Å²) >= 11 is 0. The molecule has 1 fully saturated rings. The highest BCUT2D eigenvalue weighted by molar-refractivity contribution is 7.48. The molecule has 0 saturated heterocycles. The Kier molecular flexibility index (Phi) is 5.12. The van der Waals surface area contributed by atoms with E-state index in [0.29, 0.717) is 0 Å². The van der Waals surface area contributed by atoms with Crippen molar-refractivity contribution in [2.45, 2.75) is 19.0 Å². The van der Waals surface area contributed by atoms with E-state index in [4.69, 9.17) is 0 Å². The van der Waals surface area contributed by atoms with Crippen LogP contribution in [0.3, 0.4) is 0 Å². The number of halogens is 2. The van der Waals surface area contributed by atoms with Crippen LogP contribution in [0.4, 0.5) is 8.78 Å². The molecule has 122 valence electrons. The molecule has 0 aliphatic heterocycles. The lowest BCUT2D eigenvalue weighted by atomic mass is 10.1. The molecule has 0 spiro atoms. The van der Waals surface area contributed by atoms with Gasteiger partial charge < -0.3 is 0 Å². The number of phosphoric ester groups is 1. The van der Waals surface area contributed by atoms with Gasteiger partial charge in [0.15, 0.2) is 0 Å². The van der Waals surface area contributed by atoms with Crippen LogP contribution in [0.5, 0.6) is 0 Å². The zero-order valence-corrected chi connectivity index (χ0v) is 13.1. The summed E-state index contributed by atoms with van der Waals surface area (Å²) in [6.45, 7) is 0. The maximum Gasteiger partial charge on any atom is 0.479 e. The fraction of sp³-hybridized carbons (Fsp3) is 0.500. The van der Waals surface area contributed by atoms with Gasteiger partial charge in [-0.1, -0.05) is 30.3 Å². The molecule has 1 aliphatic rings. The number of hydrogen-bond donors (Lipinski definition) is 0. The number of rotatable bonds is 8. The van der Waals surface area contributed by atoms with E-state index < -0.39 is 25.8 Å². The summed E-state index contributed by atoms with van der Waals surface area (Å²) in [5.74, 6) is -2.40. The van der Waals surface area contributed by atoms with E-state index in [0.717, 1.165) is 19.8 Å². The highest BCUT2D eigenvalue weighted by Gasteiger charge is 2.61. The van der Waals surface area contributed by atoms with Gasteiger partial charge in [0.05, 0.1) is 5.92 Å². The molecule has 0 unspecified atom stereocenters. The van der Waals surface area contributed by atoms with Crippen LogP contribution in [-0.2, 0) is 29.4 Å². The minimum absolute atomic E-state index is 0.00784. The molecular weight excluding hydrogens is 317 g/mol. The number of alkyl halides is 2. The van der Waals surface area contributed by atoms with Gasteiger partial charge in [0.25, 0.3) is 0 Å². The lowest BCUT2D eigenvalue weighted by Crippen LogP contribution is -2.25. The molecule has 1 saturated carbocycles. The number of benzene rings is 1. The first-order chi connectivity index (χ1) is 10.3. The third-order valence-corrected chi connectivity index (χ3v) is 4.90. The Labute approximate surface area is 127 Å². The van der Waals surface area contributed by atoms with Crippen LogP contribution in [0, 0.1) is 11.8 Å². The first-order valence-electron chi connectivity index (χ1n) is 6.68. The second-order valence-corrected chi connectivity index (χ2v) is 6.85. The number of Topliss-reactive ketones (excluding diaryl/α,β-unsaturated/α-hetero) is 1. The Morgan fingerprint density at radius 3 is 2.41 bits per heavy atom. The Morgan fingerprint density at radius 1 is 1.27 bits per heavy atom. The van der Waals surface area contributed by atoms with Crippen LogP contribution in [0.15, 0.2) is 30.3 Å². The van der Waals surface area contributed by atoms with E-state index >= 15 is 0 Å². The van der Waals surface area contributed by atoms with Crippen molar-refractivity contribution in [1.82, 2.24) is 0 Å². The molecule has 1 aromatic carbocycles. The summed E-state index contributed by atoms with van der Waals surface area (Å²) in [6, 6.07) is 8.88. The van der Waals surface area contributed by atoms with E-state index in [1.54, 1.807) is 24.3 Å². The normalized spacial score (nSPS) is 21.6. The number of carbonyl (C=O) groups is 1. The molecule has 5 nitrogen and oxygen atoms in total. The van der Waals surface area contributed by atoms with E-state index in [1.165, 1.54) is 0 Å². The molecule has 1 aromatic rings. The monoisotopic (exact) mass is 334 g/mol.